The van der Waals surface area contributed by atoms with Gasteiger partial charge in [-0.3, -0.25) is 0 Å². The number of hydrogen-bond acceptors (Lipinski definition) is 3. The minimum Gasteiger partial charge on any atom is -0.385 e. The maximum absolute atomic E-state index is 5.69. The Hall–Kier alpha value is -0.120. The Labute approximate surface area is 82.2 Å². The Morgan fingerprint density at radius 2 is 1.92 bits per heavy atom. The highest BCUT2D eigenvalue weighted by Crippen LogP contribution is 2.02. The summed E-state index contributed by atoms with van der Waals surface area (Å²) in [6.07, 6.45) is 2.15. The molecule has 0 saturated carbocycles. The van der Waals surface area contributed by atoms with E-state index in [4.69, 9.17) is 10.5 Å². The van der Waals surface area contributed by atoms with Gasteiger partial charge in [0.15, 0.2) is 0 Å². The van der Waals surface area contributed by atoms with Gasteiger partial charge in [-0.25, -0.2) is 0 Å². The molecule has 0 aromatic rings. The predicted octanol–water partition coefficient (Wildman–Crippen LogP) is 1.08. The Kier molecular flexibility index (Phi) is 7.23. The van der Waals surface area contributed by atoms with Gasteiger partial charge in [0.25, 0.3) is 0 Å². The van der Waals surface area contributed by atoms with Crippen LogP contribution in [0, 0.1) is 0 Å². The molecule has 0 aromatic carbocycles. The van der Waals surface area contributed by atoms with Crippen molar-refractivity contribution in [3.63, 3.8) is 0 Å². The first-order chi connectivity index (χ1) is 6.07. The molecule has 0 saturated heterocycles. The molecule has 80 valence electrons. The monoisotopic (exact) mass is 188 g/mol. The van der Waals surface area contributed by atoms with Crippen molar-refractivity contribution < 1.29 is 4.74 Å². The summed E-state index contributed by atoms with van der Waals surface area (Å²) in [5.74, 6) is 0. The number of ether oxygens (including phenoxy) is 1. The molecule has 0 radical (unpaired) electrons. The first-order valence-electron chi connectivity index (χ1n) is 5.02. The van der Waals surface area contributed by atoms with Crippen LogP contribution in [0.4, 0.5) is 0 Å². The summed E-state index contributed by atoms with van der Waals surface area (Å²) >= 11 is 0. The fourth-order valence-corrected chi connectivity index (χ4v) is 1.14. The zero-order valence-corrected chi connectivity index (χ0v) is 9.42. The van der Waals surface area contributed by atoms with Gasteiger partial charge >= 0.3 is 0 Å². The minimum absolute atomic E-state index is 0.303. The van der Waals surface area contributed by atoms with Crippen molar-refractivity contribution in [2.24, 2.45) is 5.73 Å². The van der Waals surface area contributed by atoms with Crippen molar-refractivity contribution in [2.75, 3.05) is 27.3 Å². The molecule has 2 N–H and O–H groups in total. The van der Waals surface area contributed by atoms with Gasteiger partial charge in [-0.2, -0.15) is 0 Å². The first kappa shape index (κ1) is 12.9. The van der Waals surface area contributed by atoms with Crippen LogP contribution in [0.15, 0.2) is 0 Å². The molecule has 0 rings (SSSR count). The van der Waals surface area contributed by atoms with E-state index in [0.717, 1.165) is 26.0 Å². The SMILES string of the molecule is COCCC(C)N(C)CCC(C)N. The van der Waals surface area contributed by atoms with E-state index in [1.165, 1.54) is 0 Å². The van der Waals surface area contributed by atoms with Crippen molar-refractivity contribution >= 4 is 0 Å². The Morgan fingerprint density at radius 1 is 1.31 bits per heavy atom. The van der Waals surface area contributed by atoms with Crippen molar-refractivity contribution in [1.29, 1.82) is 0 Å². The Bertz CT molecular complexity index is 117. The lowest BCUT2D eigenvalue weighted by molar-refractivity contribution is 0.151. The van der Waals surface area contributed by atoms with E-state index in [-0.39, 0.29) is 0 Å². The molecule has 0 aliphatic carbocycles. The fourth-order valence-electron chi connectivity index (χ4n) is 1.14. The third kappa shape index (κ3) is 6.99. The summed E-state index contributed by atoms with van der Waals surface area (Å²) in [4.78, 5) is 2.34. The molecule has 13 heavy (non-hydrogen) atoms. The average Bonchev–Trinajstić information content (AvgIpc) is 2.10. The molecule has 0 heterocycles. The molecule has 2 unspecified atom stereocenters. The number of nitrogens with two attached hydrogens (primary N) is 1. The zero-order chi connectivity index (χ0) is 10.3. The van der Waals surface area contributed by atoms with Crippen LogP contribution in [-0.4, -0.2) is 44.3 Å². The number of rotatable bonds is 7. The zero-order valence-electron chi connectivity index (χ0n) is 9.42. The van der Waals surface area contributed by atoms with Gasteiger partial charge < -0.3 is 15.4 Å². The van der Waals surface area contributed by atoms with Gasteiger partial charge in [-0.1, -0.05) is 0 Å². The Morgan fingerprint density at radius 3 is 2.38 bits per heavy atom. The number of hydrogen-bond donors (Lipinski definition) is 1. The standard InChI is InChI=1S/C10H24N2O/c1-9(11)5-7-12(3)10(2)6-8-13-4/h9-10H,5-8,11H2,1-4H3. The van der Waals surface area contributed by atoms with Crippen LogP contribution in [0.1, 0.15) is 26.7 Å². The second-order valence-electron chi connectivity index (χ2n) is 3.88. The normalized spacial score (nSPS) is 16.2. The maximum atomic E-state index is 5.69. The lowest BCUT2D eigenvalue weighted by Gasteiger charge is -2.25. The lowest BCUT2D eigenvalue weighted by Crippen LogP contribution is -2.33. The molecule has 0 amide bonds. The van der Waals surface area contributed by atoms with E-state index in [2.05, 4.69) is 18.9 Å². The predicted molar refractivity (Wildman–Crippen MR) is 56.9 cm³/mol. The molecule has 0 fully saturated rings. The summed E-state index contributed by atoms with van der Waals surface area (Å²) < 4.78 is 5.04. The summed E-state index contributed by atoms with van der Waals surface area (Å²) in [5, 5.41) is 0. The minimum atomic E-state index is 0.303. The highest BCUT2D eigenvalue weighted by molar-refractivity contribution is 4.65. The largest absolute Gasteiger partial charge is 0.385 e. The molecular weight excluding hydrogens is 164 g/mol. The summed E-state index contributed by atoms with van der Waals surface area (Å²) in [5.41, 5.74) is 5.69. The highest BCUT2D eigenvalue weighted by atomic mass is 16.5. The third-order valence-corrected chi connectivity index (χ3v) is 2.43. The molecule has 0 bridgehead atoms. The summed E-state index contributed by atoms with van der Waals surface area (Å²) in [6, 6.07) is 0.885. The van der Waals surface area contributed by atoms with Crippen LogP contribution in [0.3, 0.4) is 0 Å². The van der Waals surface area contributed by atoms with Crippen molar-refractivity contribution in [3.05, 3.63) is 0 Å². The average molecular weight is 188 g/mol. The van der Waals surface area contributed by atoms with E-state index in [9.17, 15) is 0 Å². The van der Waals surface area contributed by atoms with Crippen molar-refractivity contribution in [1.82, 2.24) is 4.90 Å². The molecule has 2 atom stereocenters. The topological polar surface area (TPSA) is 38.5 Å². The summed E-state index contributed by atoms with van der Waals surface area (Å²) in [7, 11) is 3.89. The third-order valence-electron chi connectivity index (χ3n) is 2.43. The van der Waals surface area contributed by atoms with Crippen molar-refractivity contribution in [3.8, 4) is 0 Å². The van der Waals surface area contributed by atoms with Crippen LogP contribution in [0.25, 0.3) is 0 Å². The van der Waals surface area contributed by atoms with Gasteiger partial charge in [0.2, 0.25) is 0 Å². The first-order valence-corrected chi connectivity index (χ1v) is 5.02. The molecule has 3 heteroatoms. The second-order valence-corrected chi connectivity index (χ2v) is 3.88. The van der Waals surface area contributed by atoms with Gasteiger partial charge in [-0.15, -0.1) is 0 Å². The van der Waals surface area contributed by atoms with E-state index in [0.29, 0.717) is 12.1 Å². The molecule has 0 spiro atoms. The van der Waals surface area contributed by atoms with Gasteiger partial charge in [0.1, 0.15) is 0 Å². The quantitative estimate of drug-likeness (QED) is 0.650. The van der Waals surface area contributed by atoms with E-state index >= 15 is 0 Å². The van der Waals surface area contributed by atoms with Gasteiger partial charge in [0, 0.05) is 25.8 Å². The maximum Gasteiger partial charge on any atom is 0.0477 e. The van der Waals surface area contributed by atoms with Gasteiger partial charge in [-0.05, 0) is 40.3 Å². The Balaban J connectivity index is 3.50. The lowest BCUT2D eigenvalue weighted by atomic mass is 10.2. The smallest absolute Gasteiger partial charge is 0.0477 e. The molecule has 0 aromatic heterocycles. The van der Waals surface area contributed by atoms with Crippen LogP contribution in [0.5, 0.6) is 0 Å². The van der Waals surface area contributed by atoms with Crippen LogP contribution in [-0.2, 0) is 4.74 Å². The molecular formula is C10H24N2O. The molecule has 0 aliphatic rings. The second kappa shape index (κ2) is 7.30. The number of methoxy groups -OCH3 is 1. The summed E-state index contributed by atoms with van der Waals surface area (Å²) in [6.45, 7) is 6.18. The van der Waals surface area contributed by atoms with E-state index in [1.54, 1.807) is 7.11 Å². The number of nitrogens with zero attached hydrogens (tertiary/aromatic N) is 1. The van der Waals surface area contributed by atoms with Gasteiger partial charge in [0.05, 0.1) is 0 Å². The van der Waals surface area contributed by atoms with Crippen LogP contribution in [0.2, 0.25) is 0 Å². The highest BCUT2D eigenvalue weighted by Gasteiger charge is 2.08. The van der Waals surface area contributed by atoms with Crippen LogP contribution < -0.4 is 5.73 Å². The van der Waals surface area contributed by atoms with Crippen LogP contribution >= 0.6 is 0 Å². The molecule has 3 nitrogen and oxygen atoms in total. The van der Waals surface area contributed by atoms with E-state index < -0.39 is 0 Å². The fraction of sp³-hybridized carbons (Fsp3) is 1.00. The molecule has 0 aliphatic heterocycles. The van der Waals surface area contributed by atoms with Crippen molar-refractivity contribution in [2.45, 2.75) is 38.8 Å². The van der Waals surface area contributed by atoms with E-state index in [1.807, 2.05) is 6.92 Å².